The smallest absolute Gasteiger partial charge is 0.411 e. The van der Waals surface area contributed by atoms with Crippen LogP contribution in [0.15, 0.2) is 12.8 Å². The Bertz CT molecular complexity index is 311. The van der Waals surface area contributed by atoms with Crippen LogP contribution in [-0.2, 0) is 9.53 Å². The standard InChI is InChI=1S/C7H4F8O2/c1-2-17-4(16)6(12,13)7(14,15)5(10,11)3(8)9/h2-3H,1H2. The van der Waals surface area contributed by atoms with Gasteiger partial charge >= 0.3 is 30.2 Å². The van der Waals surface area contributed by atoms with Gasteiger partial charge in [0.1, 0.15) is 0 Å². The van der Waals surface area contributed by atoms with Crippen molar-refractivity contribution in [2.24, 2.45) is 0 Å². The van der Waals surface area contributed by atoms with Gasteiger partial charge in [0.15, 0.2) is 0 Å². The van der Waals surface area contributed by atoms with Crippen LogP contribution < -0.4 is 0 Å². The lowest BCUT2D eigenvalue weighted by atomic mass is 10.1. The molecule has 100 valence electrons. The fourth-order valence-electron chi connectivity index (χ4n) is 0.624. The molecule has 0 heterocycles. The van der Waals surface area contributed by atoms with Crippen molar-refractivity contribution >= 4 is 5.97 Å². The van der Waals surface area contributed by atoms with Gasteiger partial charge in [0, 0.05) is 0 Å². The molecule has 0 atom stereocenters. The molecule has 0 spiro atoms. The molecular formula is C7H4F8O2. The highest BCUT2D eigenvalue weighted by atomic mass is 19.4. The van der Waals surface area contributed by atoms with E-state index in [1.807, 2.05) is 0 Å². The van der Waals surface area contributed by atoms with E-state index in [2.05, 4.69) is 11.3 Å². The maximum Gasteiger partial charge on any atom is 0.411 e. The van der Waals surface area contributed by atoms with E-state index in [9.17, 15) is 39.9 Å². The van der Waals surface area contributed by atoms with Gasteiger partial charge in [-0.1, -0.05) is 6.58 Å². The van der Waals surface area contributed by atoms with E-state index in [-0.39, 0.29) is 6.26 Å². The second-order valence-corrected chi connectivity index (χ2v) is 2.64. The summed E-state index contributed by atoms with van der Waals surface area (Å²) < 4.78 is 101. The molecule has 0 amide bonds. The third-order valence-electron chi connectivity index (χ3n) is 1.53. The summed E-state index contributed by atoms with van der Waals surface area (Å²) in [6.07, 6.45) is -5.12. The molecule has 2 nitrogen and oxygen atoms in total. The first-order valence-corrected chi connectivity index (χ1v) is 3.66. The molecule has 0 aromatic heterocycles. The number of ether oxygens (including phenoxy) is 1. The molecule has 0 rings (SSSR count). The number of esters is 1. The molecule has 0 aromatic rings. The average Bonchev–Trinajstić information content (AvgIpc) is 2.17. The average molecular weight is 272 g/mol. The van der Waals surface area contributed by atoms with Gasteiger partial charge in [-0.15, -0.1) is 0 Å². The normalized spacial score (nSPS) is 13.7. The van der Waals surface area contributed by atoms with Gasteiger partial charge in [-0.25, -0.2) is 13.6 Å². The van der Waals surface area contributed by atoms with E-state index in [0.717, 1.165) is 0 Å². The Morgan fingerprint density at radius 2 is 1.53 bits per heavy atom. The summed E-state index contributed by atoms with van der Waals surface area (Å²) in [6, 6.07) is 0. The van der Waals surface area contributed by atoms with Crippen molar-refractivity contribution in [1.82, 2.24) is 0 Å². The Morgan fingerprint density at radius 1 is 1.12 bits per heavy atom. The lowest BCUT2D eigenvalue weighted by Gasteiger charge is -2.30. The summed E-state index contributed by atoms with van der Waals surface area (Å²) in [5, 5.41) is 0. The molecule has 10 heteroatoms. The number of hydrogen-bond acceptors (Lipinski definition) is 2. The topological polar surface area (TPSA) is 26.3 Å². The number of hydrogen-bond donors (Lipinski definition) is 0. The maximum absolute atomic E-state index is 12.6. The van der Waals surface area contributed by atoms with Crippen LogP contribution in [-0.4, -0.2) is 30.2 Å². The zero-order valence-corrected chi connectivity index (χ0v) is 7.70. The second-order valence-electron chi connectivity index (χ2n) is 2.64. The third kappa shape index (κ3) is 2.34. The summed E-state index contributed by atoms with van der Waals surface area (Å²) in [7, 11) is 0. The Labute approximate surface area is 88.8 Å². The highest BCUT2D eigenvalue weighted by molar-refractivity contribution is 5.79. The first kappa shape index (κ1) is 15.6. The van der Waals surface area contributed by atoms with Crippen molar-refractivity contribution in [3.63, 3.8) is 0 Å². The monoisotopic (exact) mass is 272 g/mol. The highest BCUT2D eigenvalue weighted by Crippen LogP contribution is 2.48. The molecule has 0 radical (unpaired) electrons. The van der Waals surface area contributed by atoms with Gasteiger partial charge in [0.05, 0.1) is 6.26 Å². The molecule has 0 saturated carbocycles. The van der Waals surface area contributed by atoms with Gasteiger partial charge in [-0.2, -0.15) is 26.3 Å². The second kappa shape index (κ2) is 4.49. The van der Waals surface area contributed by atoms with Crippen LogP contribution in [0.4, 0.5) is 35.1 Å². The number of halogens is 8. The fourth-order valence-corrected chi connectivity index (χ4v) is 0.624. The van der Waals surface area contributed by atoms with Crippen LogP contribution in [0.5, 0.6) is 0 Å². The first-order chi connectivity index (χ1) is 7.42. The van der Waals surface area contributed by atoms with Crippen molar-refractivity contribution in [2.45, 2.75) is 24.2 Å². The molecular weight excluding hydrogens is 268 g/mol. The molecule has 0 aliphatic carbocycles. The van der Waals surface area contributed by atoms with Crippen LogP contribution in [0, 0.1) is 0 Å². The lowest BCUT2D eigenvalue weighted by molar-refractivity contribution is -0.331. The number of alkyl halides is 8. The first-order valence-electron chi connectivity index (χ1n) is 3.66. The number of carbonyl (C=O) groups excluding carboxylic acids is 1. The zero-order chi connectivity index (χ0) is 14.1. The van der Waals surface area contributed by atoms with Crippen LogP contribution >= 0.6 is 0 Å². The van der Waals surface area contributed by atoms with Crippen LogP contribution in [0.2, 0.25) is 0 Å². The molecule has 0 fully saturated rings. The van der Waals surface area contributed by atoms with Gasteiger partial charge in [0.25, 0.3) is 0 Å². The van der Waals surface area contributed by atoms with Gasteiger partial charge < -0.3 is 4.74 Å². The van der Waals surface area contributed by atoms with E-state index in [1.165, 1.54) is 0 Å². The largest absolute Gasteiger partial charge is 0.431 e. The van der Waals surface area contributed by atoms with E-state index in [0.29, 0.717) is 0 Å². The Balaban J connectivity index is 5.43. The van der Waals surface area contributed by atoms with E-state index < -0.39 is 30.2 Å². The molecule has 0 aliphatic rings. The van der Waals surface area contributed by atoms with Gasteiger partial charge in [-0.05, 0) is 0 Å². The third-order valence-corrected chi connectivity index (χ3v) is 1.53. The van der Waals surface area contributed by atoms with Crippen molar-refractivity contribution in [3.05, 3.63) is 12.8 Å². The van der Waals surface area contributed by atoms with Crippen molar-refractivity contribution in [3.8, 4) is 0 Å². The molecule has 17 heavy (non-hydrogen) atoms. The predicted molar refractivity (Wildman–Crippen MR) is 37.1 cm³/mol. The molecule has 0 saturated heterocycles. The number of carbonyl (C=O) groups is 1. The summed E-state index contributed by atoms with van der Waals surface area (Å²) in [4.78, 5) is 10.3. The molecule has 0 unspecified atom stereocenters. The van der Waals surface area contributed by atoms with Crippen LogP contribution in [0.25, 0.3) is 0 Å². The van der Waals surface area contributed by atoms with E-state index in [1.54, 1.807) is 0 Å². The molecule has 0 aliphatic heterocycles. The number of rotatable bonds is 5. The minimum atomic E-state index is -6.60. The highest BCUT2D eigenvalue weighted by Gasteiger charge is 2.79. The minimum Gasteiger partial charge on any atom is -0.431 e. The summed E-state index contributed by atoms with van der Waals surface area (Å²) in [5.41, 5.74) is 0. The molecule has 0 bridgehead atoms. The van der Waals surface area contributed by atoms with Crippen molar-refractivity contribution in [2.75, 3.05) is 0 Å². The summed E-state index contributed by atoms with van der Waals surface area (Å²) in [6.45, 7) is 2.54. The maximum atomic E-state index is 12.6. The SMILES string of the molecule is C=COC(=O)C(F)(F)C(F)(F)C(F)(F)C(F)F. The zero-order valence-electron chi connectivity index (χ0n) is 7.70. The Hall–Kier alpha value is -1.35. The Kier molecular flexibility index (Phi) is 4.14. The molecule has 0 aromatic carbocycles. The van der Waals surface area contributed by atoms with Crippen molar-refractivity contribution < 1.29 is 44.7 Å². The molecule has 0 N–H and O–H groups in total. The van der Waals surface area contributed by atoms with Crippen LogP contribution in [0.1, 0.15) is 0 Å². The Morgan fingerprint density at radius 3 is 1.82 bits per heavy atom. The quantitative estimate of drug-likeness (QED) is 0.437. The lowest BCUT2D eigenvalue weighted by Crippen LogP contribution is -2.60. The van der Waals surface area contributed by atoms with Crippen molar-refractivity contribution in [1.29, 1.82) is 0 Å². The predicted octanol–water partition coefficient (Wildman–Crippen LogP) is 2.84. The van der Waals surface area contributed by atoms with Gasteiger partial charge in [0.2, 0.25) is 0 Å². The van der Waals surface area contributed by atoms with E-state index >= 15 is 0 Å². The fraction of sp³-hybridized carbons (Fsp3) is 0.571. The summed E-state index contributed by atoms with van der Waals surface area (Å²) in [5.74, 6) is -22.2. The van der Waals surface area contributed by atoms with Gasteiger partial charge in [-0.3, -0.25) is 0 Å². The minimum absolute atomic E-state index is 0.0349. The van der Waals surface area contributed by atoms with Crippen LogP contribution in [0.3, 0.4) is 0 Å². The van der Waals surface area contributed by atoms with E-state index in [4.69, 9.17) is 0 Å². The summed E-state index contributed by atoms with van der Waals surface area (Å²) >= 11 is 0.